The van der Waals surface area contributed by atoms with Crippen molar-refractivity contribution in [3.8, 4) is 11.3 Å². The molecule has 2 N–H and O–H groups in total. The molecular weight excluding hydrogens is 558 g/mol. The van der Waals surface area contributed by atoms with Crippen LogP contribution in [0.25, 0.3) is 11.3 Å². The maximum Gasteiger partial charge on any atom is 0.309 e. The molecule has 2 fully saturated rings. The molecule has 0 amide bonds. The van der Waals surface area contributed by atoms with Crippen molar-refractivity contribution in [1.29, 1.82) is 0 Å². The van der Waals surface area contributed by atoms with Gasteiger partial charge in [-0.1, -0.05) is 0 Å². The van der Waals surface area contributed by atoms with Gasteiger partial charge in [0.1, 0.15) is 29.9 Å². The fraction of sp³-hybridized carbons (Fsp3) is 0.500. The average Bonchev–Trinajstić information content (AvgIpc) is 3.34. The lowest BCUT2D eigenvalue weighted by molar-refractivity contribution is -0.163. The summed E-state index contributed by atoms with van der Waals surface area (Å²) in [4.78, 5) is 26.0. The molecule has 1 saturated carbocycles. The second-order valence-corrected chi connectivity index (χ2v) is 12.0. The first-order valence-electron chi connectivity index (χ1n) is 14.6. The van der Waals surface area contributed by atoms with Crippen LogP contribution in [0.2, 0.25) is 0 Å². The zero-order valence-corrected chi connectivity index (χ0v) is 24.8. The Bertz CT molecular complexity index is 1430. The number of carbonyl (C=O) groups excluding carboxylic acids is 1. The average molecular weight is 597 g/mol. The van der Waals surface area contributed by atoms with Crippen LogP contribution in [-0.2, 0) is 24.6 Å². The Balaban J connectivity index is 1.19. The van der Waals surface area contributed by atoms with Gasteiger partial charge in [-0.05, 0) is 101 Å². The molecule has 11 heteroatoms. The Labute approximate surface area is 250 Å². The first-order chi connectivity index (χ1) is 20.4. The van der Waals surface area contributed by atoms with E-state index in [0.29, 0.717) is 49.5 Å². The van der Waals surface area contributed by atoms with Crippen molar-refractivity contribution < 1.29 is 32.9 Å². The van der Waals surface area contributed by atoms with E-state index < -0.39 is 17.8 Å². The highest BCUT2D eigenvalue weighted by atomic mass is 19.3. The van der Waals surface area contributed by atoms with E-state index in [1.165, 1.54) is 18.3 Å². The number of hydrogen-bond donors (Lipinski definition) is 2. The molecule has 1 aliphatic carbocycles. The van der Waals surface area contributed by atoms with E-state index in [9.17, 15) is 18.7 Å². The lowest BCUT2D eigenvalue weighted by Gasteiger charge is -2.37. The molecule has 0 aromatic carbocycles. The molecule has 2 aliphatic rings. The van der Waals surface area contributed by atoms with Crippen molar-refractivity contribution in [3.63, 3.8) is 0 Å². The minimum absolute atomic E-state index is 0.0633. The monoisotopic (exact) mass is 596 g/mol. The van der Waals surface area contributed by atoms with E-state index in [-0.39, 0.29) is 41.9 Å². The Morgan fingerprint density at radius 3 is 2.56 bits per heavy atom. The van der Waals surface area contributed by atoms with Crippen molar-refractivity contribution in [2.45, 2.75) is 77.3 Å². The molecule has 2 atom stereocenters. The number of ether oxygens (including phenoxy) is 3. The summed E-state index contributed by atoms with van der Waals surface area (Å²) in [6.45, 7) is 7.92. The van der Waals surface area contributed by atoms with Gasteiger partial charge in [0.25, 0.3) is 6.43 Å². The summed E-state index contributed by atoms with van der Waals surface area (Å²) in [5.41, 5.74) is 1.54. The predicted molar refractivity (Wildman–Crippen MR) is 156 cm³/mol. The summed E-state index contributed by atoms with van der Waals surface area (Å²) in [7, 11) is 0. The first-order valence-corrected chi connectivity index (χ1v) is 14.6. The number of aromatic nitrogens is 3. The zero-order chi connectivity index (χ0) is 30.8. The lowest BCUT2D eigenvalue weighted by Crippen LogP contribution is -2.37. The smallest absolute Gasteiger partial charge is 0.309 e. The van der Waals surface area contributed by atoms with Crippen molar-refractivity contribution in [2.75, 3.05) is 18.5 Å². The highest BCUT2D eigenvalue weighted by molar-refractivity contribution is 5.72. The van der Waals surface area contributed by atoms with E-state index in [2.05, 4.69) is 20.3 Å². The van der Waals surface area contributed by atoms with Gasteiger partial charge in [0.05, 0.1) is 23.9 Å². The largest absolute Gasteiger partial charge is 0.463 e. The third-order valence-corrected chi connectivity index (χ3v) is 8.17. The van der Waals surface area contributed by atoms with Gasteiger partial charge in [0.2, 0.25) is 0 Å². The summed E-state index contributed by atoms with van der Waals surface area (Å²) >= 11 is 0. The summed E-state index contributed by atoms with van der Waals surface area (Å²) < 4.78 is 42.9. The first kappa shape index (κ1) is 30.9. The molecule has 0 unspecified atom stereocenters. The number of esters is 1. The quantitative estimate of drug-likeness (QED) is 0.277. The third-order valence-electron chi connectivity index (χ3n) is 8.17. The van der Waals surface area contributed by atoms with Gasteiger partial charge in [-0.25, -0.2) is 18.7 Å². The van der Waals surface area contributed by atoms with Gasteiger partial charge >= 0.3 is 5.97 Å². The number of nitrogens with zero attached hydrogens (tertiary/aromatic N) is 3. The van der Waals surface area contributed by atoms with E-state index in [4.69, 9.17) is 14.2 Å². The summed E-state index contributed by atoms with van der Waals surface area (Å²) in [5, 5.41) is 14.5. The van der Waals surface area contributed by atoms with Crippen LogP contribution in [0.15, 0.2) is 48.8 Å². The summed E-state index contributed by atoms with van der Waals surface area (Å²) in [5.74, 6) is -0.420. The van der Waals surface area contributed by atoms with E-state index in [0.717, 1.165) is 11.1 Å². The van der Waals surface area contributed by atoms with Gasteiger partial charge < -0.3 is 24.6 Å². The van der Waals surface area contributed by atoms with Crippen molar-refractivity contribution in [3.05, 3.63) is 65.6 Å². The van der Waals surface area contributed by atoms with Crippen LogP contribution in [0.4, 0.5) is 20.4 Å². The van der Waals surface area contributed by atoms with Crippen molar-refractivity contribution >= 4 is 17.6 Å². The number of alkyl halides is 2. The number of anilines is 2. The third kappa shape index (κ3) is 7.52. The van der Waals surface area contributed by atoms with Gasteiger partial charge in [-0.2, -0.15) is 0 Å². The van der Waals surface area contributed by atoms with Crippen LogP contribution < -0.4 is 5.32 Å². The van der Waals surface area contributed by atoms with Crippen LogP contribution in [0.1, 0.15) is 69.7 Å². The van der Waals surface area contributed by atoms with Gasteiger partial charge in [-0.15, -0.1) is 0 Å². The van der Waals surface area contributed by atoms with Gasteiger partial charge in [-0.3, -0.25) is 9.78 Å². The highest BCUT2D eigenvalue weighted by Crippen LogP contribution is 2.41. The molecule has 3 aromatic rings. The number of rotatable bonds is 9. The number of carbonyl (C=O) groups is 1. The molecule has 5 rings (SSSR count). The number of nitrogens with one attached hydrogen (secondary N) is 1. The maximum absolute atomic E-state index is 13.1. The second kappa shape index (κ2) is 12.6. The Morgan fingerprint density at radius 1 is 1.14 bits per heavy atom. The Morgan fingerprint density at radius 2 is 1.91 bits per heavy atom. The summed E-state index contributed by atoms with van der Waals surface area (Å²) in [6.07, 6.45) is 2.74. The molecule has 230 valence electrons. The molecule has 0 radical (unpaired) electrons. The van der Waals surface area contributed by atoms with Crippen LogP contribution in [0.5, 0.6) is 0 Å². The van der Waals surface area contributed by atoms with Crippen LogP contribution in [0, 0.1) is 18.8 Å². The number of aliphatic hydroxyl groups is 1. The standard InChI is InChI=1S/C32H38F2N4O5/c1-19-13-25(37-28(14-19)38-27-15-21(29(33)34)11-12-35-27)22-7-10-26(36-16-22)32(4,40)23-8-5-20(6-9-23)30(39)41-17-24-18-42-31(2,3)43-24/h7,10-16,20,23-24,29,40H,5-6,8-9,17-18H2,1-4H3,(H,35,37,38)/t20-,23-,24-,32-/m1/s1. The zero-order valence-electron chi connectivity index (χ0n) is 24.8. The Hall–Kier alpha value is -3.54. The highest BCUT2D eigenvalue weighted by Gasteiger charge is 2.40. The van der Waals surface area contributed by atoms with E-state index in [1.54, 1.807) is 25.3 Å². The molecule has 1 aliphatic heterocycles. The predicted octanol–water partition coefficient (Wildman–Crippen LogP) is 6.24. The molecule has 3 aromatic heterocycles. The molecule has 9 nitrogen and oxygen atoms in total. The number of pyridine rings is 3. The molecular formula is C32H38F2N4O5. The van der Waals surface area contributed by atoms with Crippen molar-refractivity contribution in [1.82, 2.24) is 15.0 Å². The number of hydrogen-bond acceptors (Lipinski definition) is 9. The topological polar surface area (TPSA) is 116 Å². The minimum Gasteiger partial charge on any atom is -0.463 e. The number of aryl methyl sites for hydroxylation is 1. The molecule has 43 heavy (non-hydrogen) atoms. The fourth-order valence-electron chi connectivity index (χ4n) is 5.74. The second-order valence-electron chi connectivity index (χ2n) is 12.0. The van der Waals surface area contributed by atoms with Crippen LogP contribution >= 0.6 is 0 Å². The van der Waals surface area contributed by atoms with Crippen LogP contribution in [0.3, 0.4) is 0 Å². The Kier molecular flexibility index (Phi) is 9.05. The number of halogens is 2. The lowest BCUT2D eigenvalue weighted by atomic mass is 9.73. The normalized spacial score (nSPS) is 23.1. The molecule has 1 saturated heterocycles. The summed E-state index contributed by atoms with van der Waals surface area (Å²) in [6, 6.07) is 9.93. The van der Waals surface area contributed by atoms with Gasteiger partial charge in [0, 0.05) is 23.5 Å². The van der Waals surface area contributed by atoms with Crippen LogP contribution in [-0.4, -0.2) is 51.1 Å². The van der Waals surface area contributed by atoms with Crippen molar-refractivity contribution in [2.24, 2.45) is 11.8 Å². The maximum atomic E-state index is 13.1. The molecule has 4 heterocycles. The van der Waals surface area contributed by atoms with E-state index in [1.807, 2.05) is 32.9 Å². The SMILES string of the molecule is Cc1cc(Nc2cc(C(F)F)ccn2)nc(-c2ccc([C@](C)(O)[C@H]3CC[C@H](C(=O)OC[C@@H]4COC(C)(C)O4)CC3)nc2)c1. The molecule has 0 spiro atoms. The minimum atomic E-state index is -2.59. The molecule has 0 bridgehead atoms. The fourth-order valence-corrected chi connectivity index (χ4v) is 5.74. The van der Waals surface area contributed by atoms with E-state index >= 15 is 0 Å². The van der Waals surface area contributed by atoms with Gasteiger partial charge in [0.15, 0.2) is 5.79 Å².